The molecule has 0 aromatic heterocycles. The lowest BCUT2D eigenvalue weighted by Gasteiger charge is -2.35. The molecule has 0 bridgehead atoms. The summed E-state index contributed by atoms with van der Waals surface area (Å²) in [6, 6.07) is 9.10. The second kappa shape index (κ2) is 7.77. The lowest BCUT2D eigenvalue weighted by molar-refractivity contribution is -0.136. The Morgan fingerprint density at radius 3 is 2.75 bits per heavy atom. The highest BCUT2D eigenvalue weighted by Gasteiger charge is 2.44. The van der Waals surface area contributed by atoms with Crippen molar-refractivity contribution in [2.45, 2.75) is 39.7 Å². The van der Waals surface area contributed by atoms with Crippen molar-refractivity contribution in [3.05, 3.63) is 58.1 Å². The van der Waals surface area contributed by atoms with E-state index >= 15 is 0 Å². The standard InChI is InChI=1S/C21H22N2O5/c1-5-23-13(4)19(28-21(25)27-12(2)3)17(18-16(23)11-26-20(18)24)15-9-7-6-8-14(15)10-22/h6-9,12,17H,5,11H2,1-4H3. The number of likely N-dealkylation sites (N-methyl/N-ethyl adjacent to an activating group) is 1. The first-order chi connectivity index (χ1) is 13.4. The van der Waals surface area contributed by atoms with Crippen LogP contribution in [0.3, 0.4) is 0 Å². The third-order valence-electron chi connectivity index (χ3n) is 4.74. The van der Waals surface area contributed by atoms with Crippen LogP contribution < -0.4 is 0 Å². The fourth-order valence-electron chi connectivity index (χ4n) is 3.60. The third kappa shape index (κ3) is 3.33. The molecular formula is C21H22N2O5. The number of ether oxygens (including phenoxy) is 3. The Labute approximate surface area is 163 Å². The van der Waals surface area contributed by atoms with Crippen LogP contribution in [0.2, 0.25) is 0 Å². The molecule has 28 heavy (non-hydrogen) atoms. The minimum Gasteiger partial charge on any atom is -0.456 e. The largest absolute Gasteiger partial charge is 0.513 e. The predicted molar refractivity (Wildman–Crippen MR) is 99.7 cm³/mol. The van der Waals surface area contributed by atoms with Crippen molar-refractivity contribution >= 4 is 12.1 Å². The molecule has 0 aliphatic carbocycles. The van der Waals surface area contributed by atoms with E-state index in [-0.39, 0.29) is 18.5 Å². The molecule has 0 N–H and O–H groups in total. The van der Waals surface area contributed by atoms with Crippen molar-refractivity contribution in [3.8, 4) is 6.07 Å². The summed E-state index contributed by atoms with van der Waals surface area (Å²) >= 11 is 0. The maximum Gasteiger partial charge on any atom is 0.513 e. The molecule has 0 radical (unpaired) electrons. The zero-order chi connectivity index (χ0) is 20.4. The number of carbonyl (C=O) groups is 2. The summed E-state index contributed by atoms with van der Waals surface area (Å²) in [7, 11) is 0. The van der Waals surface area contributed by atoms with E-state index in [1.54, 1.807) is 38.1 Å². The lowest BCUT2D eigenvalue weighted by atomic mass is 9.83. The molecule has 2 heterocycles. The van der Waals surface area contributed by atoms with Crippen molar-refractivity contribution < 1.29 is 23.8 Å². The topological polar surface area (TPSA) is 88.9 Å². The van der Waals surface area contributed by atoms with Gasteiger partial charge in [0.1, 0.15) is 12.4 Å². The Bertz CT molecular complexity index is 923. The summed E-state index contributed by atoms with van der Waals surface area (Å²) in [5.41, 5.74) is 2.78. The molecule has 0 saturated heterocycles. The van der Waals surface area contributed by atoms with Gasteiger partial charge in [-0.05, 0) is 39.3 Å². The zero-order valence-corrected chi connectivity index (χ0v) is 16.3. The maximum absolute atomic E-state index is 12.6. The first kappa shape index (κ1) is 19.5. The number of carbonyl (C=O) groups excluding carboxylic acids is 2. The average molecular weight is 382 g/mol. The van der Waals surface area contributed by atoms with Crippen LogP contribution in [-0.4, -0.2) is 36.3 Å². The Hall–Kier alpha value is -3.27. The Morgan fingerprint density at radius 2 is 2.11 bits per heavy atom. The first-order valence-electron chi connectivity index (χ1n) is 9.14. The Balaban J connectivity index is 2.17. The zero-order valence-electron chi connectivity index (χ0n) is 16.3. The van der Waals surface area contributed by atoms with Gasteiger partial charge in [0.25, 0.3) is 0 Å². The molecule has 2 aliphatic rings. The van der Waals surface area contributed by atoms with Crippen LogP contribution in [0.15, 0.2) is 47.0 Å². The molecule has 0 saturated carbocycles. The van der Waals surface area contributed by atoms with E-state index < -0.39 is 18.0 Å². The number of esters is 1. The highest BCUT2D eigenvalue weighted by atomic mass is 16.7. The number of hydrogen-bond donors (Lipinski definition) is 0. The molecular weight excluding hydrogens is 360 g/mol. The van der Waals surface area contributed by atoms with Gasteiger partial charge in [-0.3, -0.25) is 0 Å². The first-order valence-corrected chi connectivity index (χ1v) is 9.14. The number of hydrogen-bond acceptors (Lipinski definition) is 7. The van der Waals surface area contributed by atoms with E-state index in [9.17, 15) is 14.9 Å². The van der Waals surface area contributed by atoms with Gasteiger partial charge in [0.2, 0.25) is 0 Å². The summed E-state index contributed by atoms with van der Waals surface area (Å²) in [4.78, 5) is 26.8. The van der Waals surface area contributed by atoms with E-state index in [2.05, 4.69) is 6.07 Å². The second-order valence-corrected chi connectivity index (χ2v) is 6.78. The van der Waals surface area contributed by atoms with Gasteiger partial charge < -0.3 is 19.1 Å². The smallest absolute Gasteiger partial charge is 0.456 e. The number of nitriles is 1. The van der Waals surface area contributed by atoms with E-state index in [1.807, 2.05) is 18.7 Å². The summed E-state index contributed by atoms with van der Waals surface area (Å²) in [5, 5.41) is 9.57. The third-order valence-corrected chi connectivity index (χ3v) is 4.74. The van der Waals surface area contributed by atoms with Crippen molar-refractivity contribution in [2.75, 3.05) is 13.2 Å². The molecule has 7 heteroatoms. The van der Waals surface area contributed by atoms with Crippen LogP contribution in [0.25, 0.3) is 0 Å². The minimum atomic E-state index is -0.852. The molecule has 146 valence electrons. The Kier molecular flexibility index (Phi) is 5.41. The van der Waals surface area contributed by atoms with Crippen LogP contribution in [-0.2, 0) is 19.0 Å². The summed E-state index contributed by atoms with van der Waals surface area (Å²) in [6.07, 6.45) is -1.20. The van der Waals surface area contributed by atoms with Crippen molar-refractivity contribution in [3.63, 3.8) is 0 Å². The molecule has 0 fully saturated rings. The highest BCUT2D eigenvalue weighted by molar-refractivity contribution is 5.95. The van der Waals surface area contributed by atoms with E-state index in [0.717, 1.165) is 5.70 Å². The molecule has 2 aliphatic heterocycles. The van der Waals surface area contributed by atoms with E-state index in [4.69, 9.17) is 14.2 Å². The van der Waals surface area contributed by atoms with E-state index in [1.165, 1.54) is 0 Å². The Morgan fingerprint density at radius 1 is 1.39 bits per heavy atom. The fourth-order valence-corrected chi connectivity index (χ4v) is 3.60. The molecule has 1 aromatic rings. The van der Waals surface area contributed by atoms with Crippen LogP contribution in [0.1, 0.15) is 44.7 Å². The normalized spacial score (nSPS) is 18.8. The van der Waals surface area contributed by atoms with Crippen LogP contribution in [0.5, 0.6) is 0 Å². The summed E-state index contributed by atoms with van der Waals surface area (Å²) < 4.78 is 16.0. The van der Waals surface area contributed by atoms with Gasteiger partial charge in [0, 0.05) is 6.54 Å². The van der Waals surface area contributed by atoms with Crippen LogP contribution in [0.4, 0.5) is 4.79 Å². The van der Waals surface area contributed by atoms with Crippen LogP contribution >= 0.6 is 0 Å². The van der Waals surface area contributed by atoms with Gasteiger partial charge >= 0.3 is 12.1 Å². The van der Waals surface area contributed by atoms with Gasteiger partial charge in [-0.25, -0.2) is 9.59 Å². The van der Waals surface area contributed by atoms with Crippen LogP contribution in [0, 0.1) is 11.3 Å². The van der Waals surface area contributed by atoms with E-state index in [0.29, 0.717) is 28.9 Å². The number of benzene rings is 1. The van der Waals surface area contributed by atoms with Crippen molar-refractivity contribution in [2.24, 2.45) is 0 Å². The van der Waals surface area contributed by atoms with Gasteiger partial charge in [-0.1, -0.05) is 18.2 Å². The van der Waals surface area contributed by atoms with Gasteiger partial charge in [0.05, 0.1) is 40.6 Å². The number of cyclic esters (lactones) is 1. The SMILES string of the molecule is CCN1C(C)=C(OC(=O)OC(C)C)C(c2ccccc2C#N)C2=C1COC2=O. The monoisotopic (exact) mass is 382 g/mol. The molecule has 3 rings (SSSR count). The lowest BCUT2D eigenvalue weighted by Crippen LogP contribution is -2.32. The maximum atomic E-state index is 12.6. The second-order valence-electron chi connectivity index (χ2n) is 6.78. The highest BCUT2D eigenvalue weighted by Crippen LogP contribution is 2.45. The molecule has 1 atom stereocenters. The number of rotatable bonds is 4. The van der Waals surface area contributed by atoms with Crippen molar-refractivity contribution in [1.82, 2.24) is 4.90 Å². The summed E-state index contributed by atoms with van der Waals surface area (Å²) in [6.45, 7) is 7.91. The molecule has 0 spiro atoms. The molecule has 1 aromatic carbocycles. The number of nitrogens with zero attached hydrogens (tertiary/aromatic N) is 2. The molecule has 1 unspecified atom stereocenters. The quantitative estimate of drug-likeness (QED) is 0.735. The summed E-state index contributed by atoms with van der Waals surface area (Å²) in [5.74, 6) is -0.923. The van der Waals surface area contributed by atoms with Crippen molar-refractivity contribution in [1.29, 1.82) is 5.26 Å². The molecule has 0 amide bonds. The average Bonchev–Trinajstić information content (AvgIpc) is 3.03. The molecule has 7 nitrogen and oxygen atoms in total. The van der Waals surface area contributed by atoms with Gasteiger partial charge in [-0.2, -0.15) is 5.26 Å². The number of allylic oxidation sites excluding steroid dienone is 2. The fraction of sp³-hybridized carbons (Fsp3) is 0.381. The minimum absolute atomic E-state index is 0.147. The predicted octanol–water partition coefficient (Wildman–Crippen LogP) is 3.58. The van der Waals surface area contributed by atoms with Gasteiger partial charge in [-0.15, -0.1) is 0 Å². The van der Waals surface area contributed by atoms with Gasteiger partial charge in [0.15, 0.2) is 0 Å².